The Kier molecular flexibility index (Phi) is 4.29. The Bertz CT molecular complexity index is 304. The van der Waals surface area contributed by atoms with Crippen LogP contribution in [-0.2, 0) is 0 Å². The summed E-state index contributed by atoms with van der Waals surface area (Å²) in [6, 6.07) is 3.19. The van der Waals surface area contributed by atoms with Gasteiger partial charge in [0.25, 0.3) is 0 Å². The number of aliphatic hydroxyl groups is 1. The first-order valence-electron chi connectivity index (χ1n) is 4.35. The van der Waals surface area contributed by atoms with Crippen LogP contribution in [0.4, 0.5) is 8.78 Å². The summed E-state index contributed by atoms with van der Waals surface area (Å²) in [7, 11) is 0. The summed E-state index contributed by atoms with van der Waals surface area (Å²) in [6.07, 6.45) is 0.905. The second-order valence-corrected chi connectivity index (χ2v) is 3.53. The molecule has 0 bridgehead atoms. The molecule has 1 nitrogen and oxygen atoms in total. The zero-order valence-electron chi connectivity index (χ0n) is 7.51. The van der Waals surface area contributed by atoms with Crippen LogP contribution < -0.4 is 0 Å². The summed E-state index contributed by atoms with van der Waals surface area (Å²) in [6.45, 7) is 0.000154. The topological polar surface area (TPSA) is 20.2 Å². The van der Waals surface area contributed by atoms with Gasteiger partial charge in [-0.25, -0.2) is 8.78 Å². The van der Waals surface area contributed by atoms with Crippen molar-refractivity contribution >= 4 is 11.6 Å². The standard InChI is InChI=1S/C10H11ClF2O/c11-9(2-1-5-14)8-6-7(12)3-4-10(8)13/h3-4,6,9,14H,1-2,5H2. The maximum absolute atomic E-state index is 13.1. The van der Waals surface area contributed by atoms with Gasteiger partial charge in [0.05, 0.1) is 5.38 Å². The van der Waals surface area contributed by atoms with Gasteiger partial charge in [-0.1, -0.05) is 0 Å². The fourth-order valence-electron chi connectivity index (χ4n) is 1.18. The molecule has 0 spiro atoms. The molecule has 4 heteroatoms. The van der Waals surface area contributed by atoms with E-state index < -0.39 is 17.0 Å². The Labute approximate surface area is 86.3 Å². The molecule has 1 aromatic carbocycles. The van der Waals surface area contributed by atoms with Gasteiger partial charge in [-0.15, -0.1) is 11.6 Å². The van der Waals surface area contributed by atoms with Gasteiger partial charge in [0.1, 0.15) is 11.6 Å². The highest BCUT2D eigenvalue weighted by atomic mass is 35.5. The first-order valence-corrected chi connectivity index (χ1v) is 4.78. The molecule has 0 heterocycles. The zero-order valence-corrected chi connectivity index (χ0v) is 8.27. The van der Waals surface area contributed by atoms with E-state index in [0.717, 1.165) is 18.2 Å². The summed E-state index contributed by atoms with van der Waals surface area (Å²) >= 11 is 5.84. The van der Waals surface area contributed by atoms with E-state index in [9.17, 15) is 8.78 Å². The van der Waals surface area contributed by atoms with Gasteiger partial charge < -0.3 is 5.11 Å². The lowest BCUT2D eigenvalue weighted by atomic mass is 10.1. The number of aliphatic hydroxyl groups excluding tert-OH is 1. The average Bonchev–Trinajstić information content (AvgIpc) is 2.18. The maximum atomic E-state index is 13.1. The molecule has 0 amide bonds. The molecule has 0 aliphatic rings. The van der Waals surface area contributed by atoms with E-state index in [4.69, 9.17) is 16.7 Å². The Morgan fingerprint density at radius 2 is 2.07 bits per heavy atom. The zero-order chi connectivity index (χ0) is 10.6. The summed E-state index contributed by atoms with van der Waals surface area (Å²) in [5.74, 6) is -1.01. The van der Waals surface area contributed by atoms with Crippen LogP contribution in [-0.4, -0.2) is 11.7 Å². The Morgan fingerprint density at radius 1 is 1.36 bits per heavy atom. The lowest BCUT2D eigenvalue weighted by Crippen LogP contribution is -1.97. The van der Waals surface area contributed by atoms with Crippen molar-refractivity contribution < 1.29 is 13.9 Å². The SMILES string of the molecule is OCCCC(Cl)c1cc(F)ccc1F. The number of rotatable bonds is 4. The summed E-state index contributed by atoms with van der Waals surface area (Å²) in [4.78, 5) is 0. The van der Waals surface area contributed by atoms with Crippen LogP contribution in [0.25, 0.3) is 0 Å². The fraction of sp³-hybridized carbons (Fsp3) is 0.400. The van der Waals surface area contributed by atoms with Crippen LogP contribution >= 0.6 is 11.6 Å². The predicted octanol–water partition coefficient (Wildman–Crippen LogP) is 3.02. The predicted molar refractivity (Wildman–Crippen MR) is 51.3 cm³/mol. The van der Waals surface area contributed by atoms with Crippen molar-refractivity contribution in [3.63, 3.8) is 0 Å². The summed E-state index contributed by atoms with van der Waals surface area (Å²) in [5, 5.41) is 7.97. The minimum atomic E-state index is -0.585. The molecule has 14 heavy (non-hydrogen) atoms. The molecule has 1 rings (SSSR count). The molecular weight excluding hydrogens is 210 g/mol. The van der Waals surface area contributed by atoms with Crippen LogP contribution in [0.5, 0.6) is 0 Å². The number of hydrogen-bond donors (Lipinski definition) is 1. The van der Waals surface area contributed by atoms with E-state index >= 15 is 0 Å². The number of benzene rings is 1. The smallest absolute Gasteiger partial charge is 0.128 e. The van der Waals surface area contributed by atoms with E-state index in [1.54, 1.807) is 0 Å². The second kappa shape index (κ2) is 5.27. The van der Waals surface area contributed by atoms with Gasteiger partial charge in [0, 0.05) is 12.2 Å². The van der Waals surface area contributed by atoms with Gasteiger partial charge >= 0.3 is 0 Å². The second-order valence-electron chi connectivity index (χ2n) is 3.00. The highest BCUT2D eigenvalue weighted by molar-refractivity contribution is 6.20. The molecule has 1 N–H and O–H groups in total. The van der Waals surface area contributed by atoms with E-state index in [1.807, 2.05) is 0 Å². The normalized spacial score (nSPS) is 12.9. The average molecular weight is 221 g/mol. The van der Waals surface area contributed by atoms with Crippen LogP contribution in [0.3, 0.4) is 0 Å². The minimum absolute atomic E-state index is 0.000154. The number of hydrogen-bond acceptors (Lipinski definition) is 1. The van der Waals surface area contributed by atoms with Gasteiger partial charge in [0.15, 0.2) is 0 Å². The van der Waals surface area contributed by atoms with Crippen molar-refractivity contribution in [2.24, 2.45) is 0 Å². The highest BCUT2D eigenvalue weighted by Crippen LogP contribution is 2.28. The highest BCUT2D eigenvalue weighted by Gasteiger charge is 2.13. The first kappa shape index (κ1) is 11.4. The Balaban J connectivity index is 2.77. The van der Waals surface area contributed by atoms with E-state index in [2.05, 4.69) is 0 Å². The summed E-state index contributed by atoms with van der Waals surface area (Å²) < 4.78 is 25.9. The third kappa shape index (κ3) is 2.93. The first-order chi connectivity index (χ1) is 6.65. The van der Waals surface area contributed by atoms with Gasteiger partial charge in [0.2, 0.25) is 0 Å². The largest absolute Gasteiger partial charge is 0.396 e. The third-order valence-corrected chi connectivity index (χ3v) is 2.36. The van der Waals surface area contributed by atoms with Crippen LogP contribution in [0.15, 0.2) is 18.2 Å². The van der Waals surface area contributed by atoms with Gasteiger partial charge in [-0.2, -0.15) is 0 Å². The molecule has 0 saturated heterocycles. The van der Waals surface area contributed by atoms with Crippen molar-refractivity contribution in [1.29, 1.82) is 0 Å². The van der Waals surface area contributed by atoms with Crippen molar-refractivity contribution in [3.8, 4) is 0 Å². The Hall–Kier alpha value is -0.670. The van der Waals surface area contributed by atoms with E-state index in [1.165, 1.54) is 0 Å². The maximum Gasteiger partial charge on any atom is 0.128 e. The van der Waals surface area contributed by atoms with Gasteiger partial charge in [-0.3, -0.25) is 0 Å². The van der Waals surface area contributed by atoms with Crippen LogP contribution in [0, 0.1) is 11.6 Å². The Morgan fingerprint density at radius 3 is 2.71 bits per heavy atom. The minimum Gasteiger partial charge on any atom is -0.396 e. The lowest BCUT2D eigenvalue weighted by Gasteiger charge is -2.09. The fourth-order valence-corrected chi connectivity index (χ4v) is 1.50. The molecule has 0 aliphatic heterocycles. The molecule has 0 saturated carbocycles. The molecule has 1 unspecified atom stereocenters. The van der Waals surface area contributed by atoms with Crippen LogP contribution in [0.2, 0.25) is 0 Å². The van der Waals surface area contributed by atoms with Gasteiger partial charge in [-0.05, 0) is 31.0 Å². The molecular formula is C10H11ClF2O. The lowest BCUT2D eigenvalue weighted by molar-refractivity contribution is 0.283. The molecule has 0 radical (unpaired) electrons. The molecule has 0 aliphatic carbocycles. The molecule has 1 atom stereocenters. The number of alkyl halides is 1. The van der Waals surface area contributed by atoms with E-state index in [0.29, 0.717) is 12.8 Å². The van der Waals surface area contributed by atoms with E-state index in [-0.39, 0.29) is 12.2 Å². The molecule has 0 aromatic heterocycles. The van der Waals surface area contributed by atoms with Crippen molar-refractivity contribution in [1.82, 2.24) is 0 Å². The monoisotopic (exact) mass is 220 g/mol. The third-order valence-electron chi connectivity index (χ3n) is 1.91. The van der Waals surface area contributed by atoms with Crippen LogP contribution in [0.1, 0.15) is 23.8 Å². The summed E-state index contributed by atoms with van der Waals surface area (Å²) in [5.41, 5.74) is 0.153. The molecule has 78 valence electrons. The van der Waals surface area contributed by atoms with Crippen molar-refractivity contribution in [3.05, 3.63) is 35.4 Å². The quantitative estimate of drug-likeness (QED) is 0.774. The van der Waals surface area contributed by atoms with Crippen molar-refractivity contribution in [2.75, 3.05) is 6.61 Å². The molecule has 1 aromatic rings. The van der Waals surface area contributed by atoms with Crippen molar-refractivity contribution in [2.45, 2.75) is 18.2 Å². The number of halogens is 3. The molecule has 0 fully saturated rings.